The lowest BCUT2D eigenvalue weighted by atomic mass is 10.0. The van der Waals surface area contributed by atoms with Crippen LogP contribution in [0.4, 0.5) is 0 Å². The maximum atomic E-state index is 10.2. The number of hydrogen-bond donors (Lipinski definition) is 1. The highest BCUT2D eigenvalue weighted by Gasteiger charge is 2.19. The Morgan fingerprint density at radius 2 is 1.84 bits per heavy atom. The largest absolute Gasteiger partial charge is 0.507 e. The normalized spacial score (nSPS) is 15.7. The zero-order valence-electron chi connectivity index (χ0n) is 10.5. The summed E-state index contributed by atoms with van der Waals surface area (Å²) >= 11 is 5.57. The van der Waals surface area contributed by atoms with E-state index in [4.69, 9.17) is 17.0 Å². The Labute approximate surface area is 117 Å². The van der Waals surface area contributed by atoms with E-state index in [0.29, 0.717) is 18.2 Å². The van der Waals surface area contributed by atoms with Crippen LogP contribution in [0.15, 0.2) is 36.4 Å². The monoisotopic (exact) mass is 273 g/mol. The van der Waals surface area contributed by atoms with E-state index in [2.05, 4.69) is 4.90 Å². The summed E-state index contributed by atoms with van der Waals surface area (Å²) in [5.41, 5.74) is 0.759. The molecule has 1 heterocycles. The molecule has 0 aliphatic carbocycles. The minimum atomic E-state index is 0.246. The highest BCUT2D eigenvalue weighted by atomic mass is 32.1. The zero-order chi connectivity index (χ0) is 13.2. The maximum Gasteiger partial charge on any atom is 0.126 e. The second kappa shape index (κ2) is 5.15. The lowest BCUT2D eigenvalue weighted by Gasteiger charge is -2.30. The summed E-state index contributed by atoms with van der Waals surface area (Å²) in [7, 11) is 0. The number of rotatable bonds is 1. The van der Waals surface area contributed by atoms with E-state index in [-0.39, 0.29) is 5.75 Å². The first-order chi connectivity index (χ1) is 9.27. The summed E-state index contributed by atoms with van der Waals surface area (Å²) < 4.78 is 5.34. The van der Waals surface area contributed by atoms with Gasteiger partial charge in [0.25, 0.3) is 0 Å². The van der Waals surface area contributed by atoms with Gasteiger partial charge in [-0.15, -0.1) is 0 Å². The smallest absolute Gasteiger partial charge is 0.126 e. The van der Waals surface area contributed by atoms with Crippen molar-refractivity contribution in [1.82, 2.24) is 4.90 Å². The van der Waals surface area contributed by atoms with Gasteiger partial charge in [-0.2, -0.15) is 0 Å². The highest BCUT2D eigenvalue weighted by molar-refractivity contribution is 7.80. The van der Waals surface area contributed by atoms with Gasteiger partial charge in [0, 0.05) is 13.1 Å². The van der Waals surface area contributed by atoms with Crippen LogP contribution >= 0.6 is 12.2 Å². The number of benzene rings is 2. The van der Waals surface area contributed by atoms with Crippen molar-refractivity contribution in [3.8, 4) is 5.75 Å². The van der Waals surface area contributed by atoms with E-state index in [1.165, 1.54) is 0 Å². The van der Waals surface area contributed by atoms with Gasteiger partial charge in [-0.05, 0) is 16.8 Å². The zero-order valence-corrected chi connectivity index (χ0v) is 11.3. The molecule has 0 aromatic heterocycles. The van der Waals surface area contributed by atoms with E-state index in [0.717, 1.165) is 29.4 Å². The minimum Gasteiger partial charge on any atom is -0.507 e. The van der Waals surface area contributed by atoms with Gasteiger partial charge in [0.1, 0.15) is 10.7 Å². The Balaban J connectivity index is 2.08. The first-order valence-electron chi connectivity index (χ1n) is 6.35. The van der Waals surface area contributed by atoms with Crippen molar-refractivity contribution in [2.45, 2.75) is 0 Å². The van der Waals surface area contributed by atoms with E-state index < -0.39 is 0 Å². The Kier molecular flexibility index (Phi) is 3.36. The summed E-state index contributed by atoms with van der Waals surface area (Å²) in [6.07, 6.45) is 0. The van der Waals surface area contributed by atoms with E-state index in [9.17, 15) is 5.11 Å². The topological polar surface area (TPSA) is 32.7 Å². The summed E-state index contributed by atoms with van der Waals surface area (Å²) in [5, 5.41) is 12.3. The van der Waals surface area contributed by atoms with E-state index in [1.807, 2.05) is 30.3 Å². The van der Waals surface area contributed by atoms with Crippen LogP contribution in [0.1, 0.15) is 5.56 Å². The number of phenols is 1. The van der Waals surface area contributed by atoms with Crippen molar-refractivity contribution in [2.24, 2.45) is 0 Å². The van der Waals surface area contributed by atoms with Crippen LogP contribution in [0.25, 0.3) is 10.8 Å². The fourth-order valence-electron chi connectivity index (χ4n) is 2.41. The van der Waals surface area contributed by atoms with Crippen molar-refractivity contribution in [3.63, 3.8) is 0 Å². The molecule has 2 aromatic rings. The Morgan fingerprint density at radius 3 is 2.63 bits per heavy atom. The summed E-state index contributed by atoms with van der Waals surface area (Å²) in [6, 6.07) is 11.6. The quantitative estimate of drug-likeness (QED) is 0.809. The number of morpholine rings is 1. The second-order valence-electron chi connectivity index (χ2n) is 4.59. The van der Waals surface area contributed by atoms with Gasteiger partial charge in [0.15, 0.2) is 0 Å². The van der Waals surface area contributed by atoms with Gasteiger partial charge in [-0.25, -0.2) is 0 Å². The van der Waals surface area contributed by atoms with Gasteiger partial charge in [-0.1, -0.05) is 42.5 Å². The minimum absolute atomic E-state index is 0.246. The molecule has 2 aromatic carbocycles. The van der Waals surface area contributed by atoms with Crippen LogP contribution in [-0.4, -0.2) is 41.3 Å². The van der Waals surface area contributed by atoms with E-state index in [1.54, 1.807) is 6.07 Å². The molecule has 1 aliphatic rings. The van der Waals surface area contributed by atoms with Gasteiger partial charge in [-0.3, -0.25) is 0 Å². The number of thiocarbonyl (C=S) groups is 1. The van der Waals surface area contributed by atoms with Gasteiger partial charge in [0.2, 0.25) is 0 Å². The first kappa shape index (κ1) is 12.4. The van der Waals surface area contributed by atoms with Crippen LogP contribution in [0.2, 0.25) is 0 Å². The number of aromatic hydroxyl groups is 1. The number of hydrogen-bond acceptors (Lipinski definition) is 3. The Hall–Kier alpha value is -1.65. The molecule has 0 spiro atoms. The molecular formula is C15H15NO2S. The second-order valence-corrected chi connectivity index (χ2v) is 4.97. The molecule has 0 atom stereocenters. The molecule has 0 bridgehead atoms. The molecule has 1 aliphatic heterocycles. The molecule has 3 nitrogen and oxygen atoms in total. The predicted molar refractivity (Wildman–Crippen MR) is 79.7 cm³/mol. The Bertz CT molecular complexity index is 621. The molecule has 4 heteroatoms. The van der Waals surface area contributed by atoms with Crippen molar-refractivity contribution >= 4 is 28.0 Å². The standard InChI is InChI=1S/C15H15NO2S/c17-13-6-5-11-3-1-2-4-12(11)14(13)15(19)16-7-9-18-10-8-16/h1-6,17H,7-10H2. The molecule has 1 N–H and O–H groups in total. The number of ether oxygens (including phenoxy) is 1. The third kappa shape index (κ3) is 2.29. The summed E-state index contributed by atoms with van der Waals surface area (Å²) in [6.45, 7) is 2.93. The highest BCUT2D eigenvalue weighted by Crippen LogP contribution is 2.29. The van der Waals surface area contributed by atoms with Crippen molar-refractivity contribution in [2.75, 3.05) is 26.3 Å². The Morgan fingerprint density at radius 1 is 1.11 bits per heavy atom. The molecular weight excluding hydrogens is 258 g/mol. The maximum absolute atomic E-state index is 10.2. The molecule has 1 saturated heterocycles. The fourth-order valence-corrected chi connectivity index (χ4v) is 2.81. The van der Waals surface area contributed by atoms with Gasteiger partial charge < -0.3 is 14.7 Å². The first-order valence-corrected chi connectivity index (χ1v) is 6.76. The molecule has 98 valence electrons. The molecule has 0 saturated carbocycles. The average Bonchev–Trinajstić information content (AvgIpc) is 2.47. The third-order valence-corrected chi connectivity index (χ3v) is 3.88. The molecule has 1 fully saturated rings. The van der Waals surface area contributed by atoms with Crippen LogP contribution in [0, 0.1) is 0 Å². The molecule has 3 rings (SSSR count). The van der Waals surface area contributed by atoms with Crippen molar-refractivity contribution in [3.05, 3.63) is 42.0 Å². The van der Waals surface area contributed by atoms with Crippen LogP contribution < -0.4 is 0 Å². The predicted octanol–water partition coefficient (Wildman–Crippen LogP) is 2.55. The number of fused-ring (bicyclic) bond motifs is 1. The van der Waals surface area contributed by atoms with Crippen LogP contribution in [0.3, 0.4) is 0 Å². The lowest BCUT2D eigenvalue weighted by Crippen LogP contribution is -2.40. The number of nitrogens with zero attached hydrogens (tertiary/aromatic N) is 1. The molecule has 0 unspecified atom stereocenters. The van der Waals surface area contributed by atoms with Crippen molar-refractivity contribution in [1.29, 1.82) is 0 Å². The van der Waals surface area contributed by atoms with Crippen LogP contribution in [0.5, 0.6) is 5.75 Å². The lowest BCUT2D eigenvalue weighted by molar-refractivity contribution is 0.0692. The molecule has 0 amide bonds. The number of phenolic OH excluding ortho intramolecular Hbond substituents is 1. The average molecular weight is 273 g/mol. The third-order valence-electron chi connectivity index (χ3n) is 3.42. The fraction of sp³-hybridized carbons (Fsp3) is 0.267. The van der Waals surface area contributed by atoms with Crippen molar-refractivity contribution < 1.29 is 9.84 Å². The van der Waals surface area contributed by atoms with Gasteiger partial charge >= 0.3 is 0 Å². The SMILES string of the molecule is Oc1ccc2ccccc2c1C(=S)N1CCOCC1. The van der Waals surface area contributed by atoms with Gasteiger partial charge in [0.05, 0.1) is 18.8 Å². The summed E-state index contributed by atoms with van der Waals surface area (Å²) in [5.74, 6) is 0.246. The van der Waals surface area contributed by atoms with E-state index >= 15 is 0 Å². The molecule has 19 heavy (non-hydrogen) atoms. The summed E-state index contributed by atoms with van der Waals surface area (Å²) in [4.78, 5) is 2.80. The molecule has 0 radical (unpaired) electrons. The van der Waals surface area contributed by atoms with Crippen LogP contribution in [-0.2, 0) is 4.74 Å².